The summed E-state index contributed by atoms with van der Waals surface area (Å²) in [7, 11) is 0. The van der Waals surface area contributed by atoms with Crippen molar-refractivity contribution in [2.24, 2.45) is 10.7 Å². The Bertz CT molecular complexity index is 152. The molecule has 84 valence electrons. The van der Waals surface area contributed by atoms with Crippen LogP contribution < -0.4 is 11.1 Å². The molecule has 0 aromatic heterocycles. The summed E-state index contributed by atoms with van der Waals surface area (Å²) < 4.78 is 0. The average Bonchev–Trinajstić information content (AvgIpc) is 2.21. The highest BCUT2D eigenvalue weighted by Gasteiger charge is 1.97. The Morgan fingerprint density at radius 1 is 1.29 bits per heavy atom. The third kappa shape index (κ3) is 6.71. The summed E-state index contributed by atoms with van der Waals surface area (Å²) in [6, 6.07) is 0. The Balaban J connectivity index is 3.51. The molecule has 0 saturated heterocycles. The highest BCUT2D eigenvalue weighted by atomic mass is 15.2. The molecule has 0 amide bonds. The van der Waals surface area contributed by atoms with E-state index in [9.17, 15) is 0 Å². The zero-order chi connectivity index (χ0) is 10.8. The fourth-order valence-corrected chi connectivity index (χ4v) is 1.17. The summed E-state index contributed by atoms with van der Waals surface area (Å²) in [4.78, 5) is 6.50. The molecular formula is C10H24N4. The van der Waals surface area contributed by atoms with E-state index in [2.05, 4.69) is 36.0 Å². The number of likely N-dealkylation sites (N-methyl/N-ethyl adjacent to an activating group) is 1. The van der Waals surface area contributed by atoms with Gasteiger partial charge in [0.25, 0.3) is 0 Å². The van der Waals surface area contributed by atoms with Gasteiger partial charge in [-0.15, -0.1) is 0 Å². The highest BCUT2D eigenvalue weighted by Crippen LogP contribution is 1.84. The summed E-state index contributed by atoms with van der Waals surface area (Å²) in [5.74, 6) is 0.569. The number of hydrogen-bond acceptors (Lipinski definition) is 2. The van der Waals surface area contributed by atoms with Crippen molar-refractivity contribution in [2.45, 2.75) is 27.2 Å². The van der Waals surface area contributed by atoms with Gasteiger partial charge in [0.05, 0.1) is 0 Å². The first kappa shape index (κ1) is 13.2. The smallest absolute Gasteiger partial charge is 0.188 e. The molecule has 0 rings (SSSR count). The van der Waals surface area contributed by atoms with Crippen LogP contribution in [0.2, 0.25) is 0 Å². The van der Waals surface area contributed by atoms with Gasteiger partial charge < -0.3 is 16.0 Å². The molecule has 0 unspecified atom stereocenters. The van der Waals surface area contributed by atoms with E-state index in [1.807, 2.05) is 0 Å². The van der Waals surface area contributed by atoms with Gasteiger partial charge in [-0.2, -0.15) is 0 Å². The molecule has 0 aliphatic heterocycles. The van der Waals surface area contributed by atoms with Crippen molar-refractivity contribution in [2.75, 3.05) is 32.7 Å². The zero-order valence-electron chi connectivity index (χ0n) is 9.71. The lowest BCUT2D eigenvalue weighted by Gasteiger charge is -2.18. The van der Waals surface area contributed by atoms with E-state index in [0.717, 1.165) is 39.1 Å². The van der Waals surface area contributed by atoms with E-state index in [-0.39, 0.29) is 0 Å². The Morgan fingerprint density at radius 2 is 1.93 bits per heavy atom. The Morgan fingerprint density at radius 3 is 2.43 bits per heavy atom. The molecule has 3 N–H and O–H groups in total. The normalized spacial score (nSPS) is 12.1. The lowest BCUT2D eigenvalue weighted by molar-refractivity contribution is 0.308. The maximum Gasteiger partial charge on any atom is 0.188 e. The van der Waals surface area contributed by atoms with Crippen molar-refractivity contribution in [1.29, 1.82) is 0 Å². The molecule has 0 radical (unpaired) electrons. The molecule has 0 heterocycles. The fourth-order valence-electron chi connectivity index (χ4n) is 1.17. The summed E-state index contributed by atoms with van der Waals surface area (Å²) >= 11 is 0. The number of guanidine groups is 1. The van der Waals surface area contributed by atoms with Gasteiger partial charge in [-0.3, -0.25) is 4.99 Å². The number of nitrogens with two attached hydrogens (primary N) is 1. The summed E-state index contributed by atoms with van der Waals surface area (Å²) in [5, 5.41) is 3.10. The predicted octanol–water partition coefficient (Wildman–Crippen LogP) is 0.643. The van der Waals surface area contributed by atoms with Crippen LogP contribution in [0.3, 0.4) is 0 Å². The molecule has 0 aromatic carbocycles. The third-order valence-electron chi connectivity index (χ3n) is 2.13. The van der Waals surface area contributed by atoms with Crippen LogP contribution in [0.5, 0.6) is 0 Å². The molecule has 0 aliphatic rings. The molecule has 0 aromatic rings. The molecule has 0 atom stereocenters. The summed E-state index contributed by atoms with van der Waals surface area (Å²) in [5.41, 5.74) is 5.65. The van der Waals surface area contributed by atoms with Gasteiger partial charge in [0.1, 0.15) is 0 Å². The SMILES string of the molecule is CCCN=C(N)NCCN(CC)CC. The lowest BCUT2D eigenvalue weighted by Crippen LogP contribution is -2.38. The molecule has 0 bridgehead atoms. The van der Waals surface area contributed by atoms with E-state index in [4.69, 9.17) is 5.73 Å². The van der Waals surface area contributed by atoms with Gasteiger partial charge in [0.2, 0.25) is 0 Å². The topological polar surface area (TPSA) is 53.6 Å². The summed E-state index contributed by atoms with van der Waals surface area (Å²) in [6.07, 6.45) is 1.04. The maximum absolute atomic E-state index is 5.65. The van der Waals surface area contributed by atoms with Gasteiger partial charge in [-0.25, -0.2) is 0 Å². The molecular weight excluding hydrogens is 176 g/mol. The van der Waals surface area contributed by atoms with E-state index in [1.54, 1.807) is 0 Å². The number of hydrogen-bond donors (Lipinski definition) is 2. The minimum atomic E-state index is 0.569. The van der Waals surface area contributed by atoms with Crippen LogP contribution >= 0.6 is 0 Å². The average molecular weight is 200 g/mol. The van der Waals surface area contributed by atoms with Gasteiger partial charge in [-0.1, -0.05) is 20.8 Å². The molecule has 4 nitrogen and oxygen atoms in total. The molecule has 0 saturated carbocycles. The predicted molar refractivity (Wildman–Crippen MR) is 62.6 cm³/mol. The third-order valence-corrected chi connectivity index (χ3v) is 2.13. The minimum Gasteiger partial charge on any atom is -0.370 e. The second-order valence-electron chi connectivity index (χ2n) is 3.22. The van der Waals surface area contributed by atoms with Crippen molar-refractivity contribution < 1.29 is 0 Å². The molecule has 4 heteroatoms. The number of rotatable bonds is 7. The van der Waals surface area contributed by atoms with E-state index in [1.165, 1.54) is 0 Å². The van der Waals surface area contributed by atoms with Crippen molar-refractivity contribution in [1.82, 2.24) is 10.2 Å². The monoisotopic (exact) mass is 200 g/mol. The van der Waals surface area contributed by atoms with Crippen molar-refractivity contribution >= 4 is 5.96 Å². The zero-order valence-corrected chi connectivity index (χ0v) is 9.71. The van der Waals surface area contributed by atoms with Crippen molar-refractivity contribution in [3.8, 4) is 0 Å². The molecule has 14 heavy (non-hydrogen) atoms. The first-order valence-corrected chi connectivity index (χ1v) is 5.50. The largest absolute Gasteiger partial charge is 0.370 e. The second-order valence-corrected chi connectivity index (χ2v) is 3.22. The fraction of sp³-hybridized carbons (Fsp3) is 0.900. The number of nitrogens with zero attached hydrogens (tertiary/aromatic N) is 2. The maximum atomic E-state index is 5.65. The standard InChI is InChI=1S/C10H24N4/c1-4-7-12-10(11)13-8-9-14(5-2)6-3/h4-9H2,1-3H3,(H3,11,12,13). The highest BCUT2D eigenvalue weighted by molar-refractivity contribution is 5.77. The van der Waals surface area contributed by atoms with Gasteiger partial charge in [0.15, 0.2) is 5.96 Å². The first-order valence-electron chi connectivity index (χ1n) is 5.50. The van der Waals surface area contributed by atoms with Crippen LogP contribution in [0.4, 0.5) is 0 Å². The van der Waals surface area contributed by atoms with Crippen LogP contribution in [0, 0.1) is 0 Å². The minimum absolute atomic E-state index is 0.569. The molecule has 0 aliphatic carbocycles. The number of aliphatic imine (C=N–C) groups is 1. The Kier molecular flexibility index (Phi) is 8.33. The van der Waals surface area contributed by atoms with Crippen LogP contribution in [-0.4, -0.2) is 43.6 Å². The lowest BCUT2D eigenvalue weighted by atomic mass is 10.4. The van der Waals surface area contributed by atoms with E-state index in [0.29, 0.717) is 5.96 Å². The van der Waals surface area contributed by atoms with Crippen molar-refractivity contribution in [3.05, 3.63) is 0 Å². The first-order chi connectivity index (χ1) is 6.74. The Hall–Kier alpha value is -0.770. The number of nitrogens with one attached hydrogen (secondary N) is 1. The molecule has 0 fully saturated rings. The van der Waals surface area contributed by atoms with Gasteiger partial charge in [0, 0.05) is 19.6 Å². The van der Waals surface area contributed by atoms with Crippen molar-refractivity contribution in [3.63, 3.8) is 0 Å². The Labute approximate surface area is 87.6 Å². The second kappa shape index (κ2) is 8.81. The van der Waals surface area contributed by atoms with Crippen LogP contribution in [0.25, 0.3) is 0 Å². The van der Waals surface area contributed by atoms with Gasteiger partial charge in [-0.05, 0) is 19.5 Å². The molecule has 0 spiro atoms. The van der Waals surface area contributed by atoms with Crippen LogP contribution in [-0.2, 0) is 0 Å². The van der Waals surface area contributed by atoms with E-state index >= 15 is 0 Å². The quantitative estimate of drug-likeness (QED) is 0.468. The van der Waals surface area contributed by atoms with Crippen LogP contribution in [0.15, 0.2) is 4.99 Å². The summed E-state index contributed by atoms with van der Waals surface area (Å²) in [6.45, 7) is 11.3. The van der Waals surface area contributed by atoms with E-state index < -0.39 is 0 Å². The van der Waals surface area contributed by atoms with Gasteiger partial charge >= 0.3 is 0 Å². The van der Waals surface area contributed by atoms with Crippen LogP contribution in [0.1, 0.15) is 27.2 Å².